The van der Waals surface area contributed by atoms with Gasteiger partial charge in [0.05, 0.1) is 13.5 Å². The van der Waals surface area contributed by atoms with Gasteiger partial charge in [-0.1, -0.05) is 31.2 Å². The van der Waals surface area contributed by atoms with Crippen molar-refractivity contribution in [2.24, 2.45) is 0 Å². The first-order chi connectivity index (χ1) is 7.69. The lowest BCUT2D eigenvalue weighted by Crippen LogP contribution is -2.06. The molecule has 0 bridgehead atoms. The molecule has 0 aliphatic heterocycles. The highest BCUT2D eigenvalue weighted by Crippen LogP contribution is 2.10. The first-order valence-electron chi connectivity index (χ1n) is 5.41. The molecular formula is C13H21O2P. The Kier molecular flexibility index (Phi) is 8.84. The van der Waals surface area contributed by atoms with Gasteiger partial charge >= 0.3 is 5.97 Å². The van der Waals surface area contributed by atoms with Crippen LogP contribution in [-0.2, 0) is 22.4 Å². The normalized spacial score (nSPS) is 9.00. The van der Waals surface area contributed by atoms with Gasteiger partial charge in [-0.05, 0) is 30.9 Å². The minimum absolute atomic E-state index is 0.180. The molecule has 0 atom stereocenters. The average Bonchev–Trinajstić information content (AvgIpc) is 2.30. The molecule has 0 unspecified atom stereocenters. The van der Waals surface area contributed by atoms with Gasteiger partial charge in [-0.15, -0.1) is 8.58 Å². The number of ether oxygens (including phenoxy) is 1. The third-order valence-corrected chi connectivity index (χ3v) is 2.06. The molecule has 0 fully saturated rings. The predicted molar refractivity (Wildman–Crippen MR) is 71.7 cm³/mol. The molecule has 1 aromatic rings. The highest BCUT2D eigenvalue weighted by Gasteiger charge is 2.05. The summed E-state index contributed by atoms with van der Waals surface area (Å²) in [6, 6.07) is 7.94. The van der Waals surface area contributed by atoms with Gasteiger partial charge in [0.15, 0.2) is 0 Å². The number of esters is 1. The molecule has 1 rings (SSSR count). The fourth-order valence-electron chi connectivity index (χ4n) is 1.30. The van der Waals surface area contributed by atoms with Crippen LogP contribution < -0.4 is 0 Å². The van der Waals surface area contributed by atoms with E-state index >= 15 is 0 Å². The molecule has 1 aromatic carbocycles. The van der Waals surface area contributed by atoms with Crippen LogP contribution in [0.5, 0.6) is 0 Å². The Morgan fingerprint density at radius 2 is 1.75 bits per heavy atom. The van der Waals surface area contributed by atoms with E-state index in [4.69, 9.17) is 0 Å². The maximum atomic E-state index is 11.0. The molecular weight excluding hydrogens is 219 g/mol. The molecule has 0 radical (unpaired) electrons. The summed E-state index contributed by atoms with van der Waals surface area (Å²) in [6.07, 6.45) is 1.33. The van der Waals surface area contributed by atoms with Crippen molar-refractivity contribution in [1.82, 2.24) is 0 Å². The van der Waals surface area contributed by atoms with Gasteiger partial charge in [0, 0.05) is 0 Å². The van der Waals surface area contributed by atoms with Crippen LogP contribution in [0.1, 0.15) is 18.1 Å². The van der Waals surface area contributed by atoms with Crippen molar-refractivity contribution in [3.8, 4) is 0 Å². The van der Waals surface area contributed by atoms with Crippen LogP contribution in [0.3, 0.4) is 0 Å². The van der Waals surface area contributed by atoms with E-state index in [2.05, 4.69) is 25.0 Å². The topological polar surface area (TPSA) is 26.3 Å². The Morgan fingerprint density at radius 3 is 2.19 bits per heavy atom. The van der Waals surface area contributed by atoms with Crippen molar-refractivity contribution in [1.29, 1.82) is 0 Å². The maximum absolute atomic E-state index is 11.0. The zero-order valence-corrected chi connectivity index (χ0v) is 11.5. The van der Waals surface area contributed by atoms with E-state index in [1.165, 1.54) is 12.7 Å². The van der Waals surface area contributed by atoms with E-state index < -0.39 is 0 Å². The fraction of sp³-hybridized carbons (Fsp3) is 0.462. The summed E-state index contributed by atoms with van der Waals surface area (Å²) in [6.45, 7) is 6.39. The lowest BCUT2D eigenvalue weighted by molar-refractivity contribution is -0.139. The van der Waals surface area contributed by atoms with Crippen LogP contribution in [-0.4, -0.2) is 26.4 Å². The van der Waals surface area contributed by atoms with E-state index in [-0.39, 0.29) is 5.97 Å². The SMILES string of the molecule is CCc1ccccc1CC(=O)OC.CPC. The molecule has 0 saturated carbocycles. The number of aryl methyl sites for hydroxylation is 1. The second-order valence-corrected chi connectivity index (χ2v) is 4.38. The summed E-state index contributed by atoms with van der Waals surface area (Å²) in [5.74, 6) is -0.180. The summed E-state index contributed by atoms with van der Waals surface area (Å²) in [5.41, 5.74) is 2.28. The van der Waals surface area contributed by atoms with E-state index in [1.54, 1.807) is 0 Å². The molecule has 90 valence electrons. The molecule has 0 amide bonds. The Hall–Kier alpha value is -0.880. The van der Waals surface area contributed by atoms with Crippen molar-refractivity contribution in [2.45, 2.75) is 19.8 Å². The summed E-state index contributed by atoms with van der Waals surface area (Å²) < 4.78 is 4.61. The van der Waals surface area contributed by atoms with Gasteiger partial charge in [-0.3, -0.25) is 4.79 Å². The molecule has 0 aliphatic carbocycles. The fourth-order valence-corrected chi connectivity index (χ4v) is 1.30. The van der Waals surface area contributed by atoms with Gasteiger partial charge < -0.3 is 4.74 Å². The second kappa shape index (κ2) is 9.35. The quantitative estimate of drug-likeness (QED) is 0.600. The van der Waals surface area contributed by atoms with E-state index in [1.807, 2.05) is 24.3 Å². The predicted octanol–water partition coefficient (Wildman–Crippen LogP) is 2.89. The van der Waals surface area contributed by atoms with Crippen molar-refractivity contribution in [2.75, 3.05) is 20.4 Å². The van der Waals surface area contributed by atoms with Gasteiger partial charge in [0.25, 0.3) is 0 Å². The minimum atomic E-state index is -0.180. The number of benzene rings is 1. The van der Waals surface area contributed by atoms with E-state index in [0.717, 1.165) is 20.6 Å². The smallest absolute Gasteiger partial charge is 0.309 e. The summed E-state index contributed by atoms with van der Waals surface area (Å²) >= 11 is 0. The minimum Gasteiger partial charge on any atom is -0.469 e. The van der Waals surface area contributed by atoms with Crippen LogP contribution in [0.25, 0.3) is 0 Å². The van der Waals surface area contributed by atoms with Gasteiger partial charge in [-0.25, -0.2) is 0 Å². The van der Waals surface area contributed by atoms with Gasteiger partial charge in [0.1, 0.15) is 0 Å². The molecule has 0 aromatic heterocycles. The first-order valence-corrected chi connectivity index (χ1v) is 7.41. The van der Waals surface area contributed by atoms with E-state index in [9.17, 15) is 4.79 Å². The molecule has 0 N–H and O–H groups in total. The van der Waals surface area contributed by atoms with Crippen molar-refractivity contribution in [3.05, 3.63) is 35.4 Å². The molecule has 0 heterocycles. The lowest BCUT2D eigenvalue weighted by atomic mass is 10.0. The monoisotopic (exact) mass is 240 g/mol. The van der Waals surface area contributed by atoms with Gasteiger partial charge in [-0.2, -0.15) is 0 Å². The number of hydrogen-bond acceptors (Lipinski definition) is 2. The van der Waals surface area contributed by atoms with Crippen LogP contribution in [0, 0.1) is 0 Å². The summed E-state index contributed by atoms with van der Waals surface area (Å²) in [7, 11) is 2.50. The molecule has 0 saturated heterocycles. The zero-order chi connectivity index (χ0) is 12.4. The van der Waals surface area contributed by atoms with Crippen molar-refractivity contribution < 1.29 is 9.53 Å². The molecule has 0 aliphatic rings. The van der Waals surface area contributed by atoms with Crippen LogP contribution in [0.15, 0.2) is 24.3 Å². The Bertz CT molecular complexity index is 311. The van der Waals surface area contributed by atoms with Crippen LogP contribution in [0.4, 0.5) is 0 Å². The molecule has 3 heteroatoms. The molecule has 16 heavy (non-hydrogen) atoms. The van der Waals surface area contributed by atoms with E-state index in [0.29, 0.717) is 6.42 Å². The Labute approximate surface area is 100 Å². The largest absolute Gasteiger partial charge is 0.469 e. The average molecular weight is 240 g/mol. The molecule has 0 spiro atoms. The first kappa shape index (κ1) is 15.1. The third-order valence-electron chi connectivity index (χ3n) is 2.06. The van der Waals surface area contributed by atoms with Crippen LogP contribution in [0.2, 0.25) is 0 Å². The number of methoxy groups -OCH3 is 1. The standard InChI is InChI=1S/C11H14O2.C2H7P/c1-3-9-6-4-5-7-10(9)8-11(12)13-2;1-3-2/h4-7H,3,8H2,1-2H3;3H,1-2H3. The molecule has 2 nitrogen and oxygen atoms in total. The maximum Gasteiger partial charge on any atom is 0.309 e. The van der Waals surface area contributed by atoms with Gasteiger partial charge in [0.2, 0.25) is 0 Å². The Morgan fingerprint density at radius 1 is 1.25 bits per heavy atom. The van der Waals surface area contributed by atoms with Crippen molar-refractivity contribution >= 4 is 14.6 Å². The Balaban J connectivity index is 0.000000673. The third kappa shape index (κ3) is 5.87. The zero-order valence-electron chi connectivity index (χ0n) is 10.5. The highest BCUT2D eigenvalue weighted by molar-refractivity contribution is 7.35. The summed E-state index contributed by atoms with van der Waals surface area (Å²) in [5, 5.41) is 0. The lowest BCUT2D eigenvalue weighted by Gasteiger charge is -2.05. The number of carbonyl (C=O) groups excluding carboxylic acids is 1. The number of carbonyl (C=O) groups is 1. The van der Waals surface area contributed by atoms with Crippen LogP contribution >= 0.6 is 8.58 Å². The van der Waals surface area contributed by atoms with Crippen molar-refractivity contribution in [3.63, 3.8) is 0 Å². The summed E-state index contributed by atoms with van der Waals surface area (Å²) in [4.78, 5) is 11.0. The second-order valence-electron chi connectivity index (χ2n) is 3.38. The number of rotatable bonds is 3. The highest BCUT2D eigenvalue weighted by atomic mass is 31.1. The number of hydrogen-bond donors (Lipinski definition) is 0.